The molecule has 1 fully saturated rings. The number of thioether (sulfide) groups is 1. The highest BCUT2D eigenvalue weighted by Gasteiger charge is 2.36. The van der Waals surface area contributed by atoms with Gasteiger partial charge in [-0.2, -0.15) is 0 Å². The highest BCUT2D eigenvalue weighted by atomic mass is 79.9. The topological polar surface area (TPSA) is 46.6 Å². The molecular formula is C14H13BrF3NO3S. The predicted octanol–water partition coefficient (Wildman–Crippen LogP) is 3.98. The first kappa shape index (κ1) is 18.1. The molecule has 0 radical (unpaired) electrons. The van der Waals surface area contributed by atoms with Crippen LogP contribution in [0.25, 0.3) is 0 Å². The van der Waals surface area contributed by atoms with Crippen LogP contribution in [0.5, 0.6) is 5.75 Å². The van der Waals surface area contributed by atoms with Crippen molar-refractivity contribution in [3.8, 4) is 5.75 Å². The lowest BCUT2D eigenvalue weighted by Crippen LogP contribution is -2.27. The Balaban J connectivity index is 2.21. The number of nitrogens with zero attached hydrogens (tertiary/aromatic N) is 1. The van der Waals surface area contributed by atoms with Crippen LogP contribution in [0.4, 0.5) is 18.9 Å². The van der Waals surface area contributed by atoms with Crippen LogP contribution < -0.4 is 9.64 Å². The summed E-state index contributed by atoms with van der Waals surface area (Å²) in [6.07, 6.45) is -4.65. The van der Waals surface area contributed by atoms with Gasteiger partial charge in [0.15, 0.2) is 10.9 Å². The molecule has 0 spiro atoms. The van der Waals surface area contributed by atoms with E-state index in [1.807, 2.05) is 0 Å². The maximum absolute atomic E-state index is 12.5. The molecule has 0 aliphatic carbocycles. The Hall–Kier alpha value is -1.22. The first-order valence-corrected chi connectivity index (χ1v) is 8.42. The maximum atomic E-state index is 12.5. The van der Waals surface area contributed by atoms with Gasteiger partial charge in [-0.05, 0) is 24.1 Å². The van der Waals surface area contributed by atoms with Gasteiger partial charge in [0.1, 0.15) is 0 Å². The van der Waals surface area contributed by atoms with Crippen molar-refractivity contribution < 1.29 is 27.5 Å². The van der Waals surface area contributed by atoms with Crippen LogP contribution in [0.15, 0.2) is 22.7 Å². The standard InChI is InChI=1S/C14H13BrF3NO3S/c1-8(20)23-7-9-4-13(21)19(6-9)11-5-10(15)2-3-12(11)22-14(16,17)18/h2-3,5,9H,4,6-7H2,1H3. The summed E-state index contributed by atoms with van der Waals surface area (Å²) in [6, 6.07) is 3.99. The molecule has 1 aliphatic rings. The number of carbonyl (C=O) groups is 2. The molecule has 1 heterocycles. The number of ether oxygens (including phenoxy) is 1. The van der Waals surface area contributed by atoms with E-state index >= 15 is 0 Å². The summed E-state index contributed by atoms with van der Waals surface area (Å²) in [4.78, 5) is 24.4. The van der Waals surface area contributed by atoms with Gasteiger partial charge >= 0.3 is 6.36 Å². The third-order valence-corrected chi connectivity index (χ3v) is 4.70. The van der Waals surface area contributed by atoms with E-state index in [2.05, 4.69) is 20.7 Å². The van der Waals surface area contributed by atoms with Gasteiger partial charge < -0.3 is 9.64 Å². The van der Waals surface area contributed by atoms with Gasteiger partial charge in [-0.1, -0.05) is 27.7 Å². The molecule has 4 nitrogen and oxygen atoms in total. The number of anilines is 1. The molecule has 0 saturated carbocycles. The summed E-state index contributed by atoms with van der Waals surface area (Å²) in [5, 5.41) is -0.0561. The predicted molar refractivity (Wildman–Crippen MR) is 84.4 cm³/mol. The quantitative estimate of drug-likeness (QED) is 0.751. The number of hydrogen-bond donors (Lipinski definition) is 0. The Morgan fingerprint density at radius 2 is 2.17 bits per heavy atom. The zero-order valence-electron chi connectivity index (χ0n) is 12.0. The third kappa shape index (κ3) is 5.13. The second-order valence-electron chi connectivity index (χ2n) is 5.04. The van der Waals surface area contributed by atoms with Crippen molar-refractivity contribution >= 4 is 44.4 Å². The largest absolute Gasteiger partial charge is 0.573 e. The molecule has 1 aromatic carbocycles. The number of benzene rings is 1. The number of rotatable bonds is 4. The van der Waals surface area contributed by atoms with Crippen LogP contribution in [0.3, 0.4) is 0 Å². The minimum absolute atomic E-state index is 0.0561. The molecule has 2 rings (SSSR count). The Bertz CT molecular complexity index is 624. The van der Waals surface area contributed by atoms with Crippen LogP contribution in [0, 0.1) is 5.92 Å². The van der Waals surface area contributed by atoms with Gasteiger partial charge in [-0.3, -0.25) is 9.59 Å². The van der Waals surface area contributed by atoms with Gasteiger partial charge in [-0.25, -0.2) is 0 Å². The van der Waals surface area contributed by atoms with Crippen LogP contribution >= 0.6 is 27.7 Å². The van der Waals surface area contributed by atoms with Gasteiger partial charge in [0, 0.05) is 30.1 Å². The van der Waals surface area contributed by atoms with Crippen molar-refractivity contribution in [2.75, 3.05) is 17.2 Å². The number of carbonyl (C=O) groups excluding carboxylic acids is 2. The van der Waals surface area contributed by atoms with E-state index in [9.17, 15) is 22.8 Å². The lowest BCUT2D eigenvalue weighted by molar-refractivity contribution is -0.274. The summed E-state index contributed by atoms with van der Waals surface area (Å²) in [5.41, 5.74) is 0.0667. The fourth-order valence-corrected chi connectivity index (χ4v) is 3.32. The van der Waals surface area contributed by atoms with E-state index in [1.54, 1.807) is 0 Å². The molecule has 1 saturated heterocycles. The van der Waals surface area contributed by atoms with Crippen LogP contribution in [0.2, 0.25) is 0 Å². The second-order valence-corrected chi connectivity index (χ2v) is 7.15. The highest BCUT2D eigenvalue weighted by Crippen LogP contribution is 2.38. The van der Waals surface area contributed by atoms with Crippen molar-refractivity contribution in [3.05, 3.63) is 22.7 Å². The summed E-state index contributed by atoms with van der Waals surface area (Å²) >= 11 is 4.29. The molecule has 0 bridgehead atoms. The molecule has 23 heavy (non-hydrogen) atoms. The highest BCUT2D eigenvalue weighted by molar-refractivity contribution is 9.10. The Kier molecular flexibility index (Phi) is 5.61. The summed E-state index contributed by atoms with van der Waals surface area (Å²) in [5.74, 6) is -0.339. The fourth-order valence-electron chi connectivity index (χ4n) is 2.27. The normalized spacial score (nSPS) is 18.4. The average molecular weight is 412 g/mol. The van der Waals surface area contributed by atoms with Crippen molar-refractivity contribution in [1.82, 2.24) is 0 Å². The molecule has 1 aliphatic heterocycles. The summed E-state index contributed by atoms with van der Waals surface area (Å²) in [6.45, 7) is 1.69. The lowest BCUT2D eigenvalue weighted by atomic mass is 10.1. The zero-order valence-corrected chi connectivity index (χ0v) is 14.4. The smallest absolute Gasteiger partial charge is 0.404 e. The first-order chi connectivity index (χ1) is 10.7. The second kappa shape index (κ2) is 7.12. The Morgan fingerprint density at radius 3 is 2.78 bits per heavy atom. The number of alkyl halides is 3. The SMILES string of the molecule is CC(=O)SCC1CC(=O)N(c2cc(Br)ccc2OC(F)(F)F)C1. The molecule has 1 atom stereocenters. The monoisotopic (exact) mass is 411 g/mol. The van der Waals surface area contributed by atoms with E-state index in [-0.39, 0.29) is 35.6 Å². The van der Waals surface area contributed by atoms with E-state index in [0.717, 1.165) is 17.8 Å². The molecule has 0 N–H and O–H groups in total. The summed E-state index contributed by atoms with van der Waals surface area (Å²) in [7, 11) is 0. The van der Waals surface area contributed by atoms with Crippen molar-refractivity contribution in [2.45, 2.75) is 19.7 Å². The van der Waals surface area contributed by atoms with E-state index in [1.165, 1.54) is 24.0 Å². The van der Waals surface area contributed by atoms with Crippen LogP contribution in [-0.4, -0.2) is 29.7 Å². The van der Waals surface area contributed by atoms with Gasteiger partial charge in [-0.15, -0.1) is 13.2 Å². The molecule has 1 unspecified atom stereocenters. The van der Waals surface area contributed by atoms with Gasteiger partial charge in [0.05, 0.1) is 5.69 Å². The number of hydrogen-bond acceptors (Lipinski definition) is 4. The lowest BCUT2D eigenvalue weighted by Gasteiger charge is -2.21. The third-order valence-electron chi connectivity index (χ3n) is 3.16. The number of amides is 1. The van der Waals surface area contributed by atoms with Crippen molar-refractivity contribution in [3.63, 3.8) is 0 Å². The number of halogens is 4. The molecule has 0 aromatic heterocycles. The molecule has 126 valence electrons. The van der Waals surface area contributed by atoms with Crippen LogP contribution in [0.1, 0.15) is 13.3 Å². The van der Waals surface area contributed by atoms with Crippen molar-refractivity contribution in [2.24, 2.45) is 5.92 Å². The Labute approximate surface area is 143 Å². The minimum atomic E-state index is -4.84. The maximum Gasteiger partial charge on any atom is 0.573 e. The van der Waals surface area contributed by atoms with Gasteiger partial charge in [0.2, 0.25) is 5.91 Å². The summed E-state index contributed by atoms with van der Waals surface area (Å²) < 4.78 is 42.1. The van der Waals surface area contributed by atoms with Crippen molar-refractivity contribution in [1.29, 1.82) is 0 Å². The Morgan fingerprint density at radius 1 is 1.48 bits per heavy atom. The molecule has 1 amide bonds. The minimum Gasteiger partial charge on any atom is -0.404 e. The van der Waals surface area contributed by atoms with E-state index in [0.29, 0.717) is 10.2 Å². The molecule has 9 heteroatoms. The molecular weight excluding hydrogens is 399 g/mol. The zero-order chi connectivity index (χ0) is 17.2. The van der Waals surface area contributed by atoms with E-state index < -0.39 is 12.1 Å². The molecule has 1 aromatic rings. The van der Waals surface area contributed by atoms with Gasteiger partial charge in [0.25, 0.3) is 0 Å². The average Bonchev–Trinajstić information content (AvgIpc) is 2.78. The van der Waals surface area contributed by atoms with E-state index in [4.69, 9.17) is 0 Å². The first-order valence-electron chi connectivity index (χ1n) is 6.64. The van der Waals surface area contributed by atoms with Crippen LogP contribution in [-0.2, 0) is 9.59 Å². The fraction of sp³-hybridized carbons (Fsp3) is 0.429.